The van der Waals surface area contributed by atoms with Gasteiger partial charge in [-0.25, -0.2) is 14.8 Å². The number of aromatic nitrogens is 3. The van der Waals surface area contributed by atoms with Crippen LogP contribution in [-0.4, -0.2) is 27.5 Å². The van der Waals surface area contributed by atoms with E-state index in [0.29, 0.717) is 34.4 Å². The summed E-state index contributed by atoms with van der Waals surface area (Å²) in [6, 6.07) is 16.9. The van der Waals surface area contributed by atoms with Crippen LogP contribution in [0.4, 0.5) is 16.4 Å². The molecule has 0 atom stereocenters. The summed E-state index contributed by atoms with van der Waals surface area (Å²) in [6.07, 6.45) is 6.45. The fraction of sp³-hybridized carbons (Fsp3) is 0.231. The molecule has 0 unspecified atom stereocenters. The molecule has 4 aromatic rings. The zero-order chi connectivity index (χ0) is 23.5. The van der Waals surface area contributed by atoms with Gasteiger partial charge in [0.25, 0.3) is 0 Å². The Hall–Kier alpha value is -3.71. The molecule has 172 valence electrons. The van der Waals surface area contributed by atoms with Gasteiger partial charge in [-0.1, -0.05) is 60.8 Å². The molecular weight excluding hydrogens is 448 g/mol. The monoisotopic (exact) mass is 472 g/mol. The second-order valence-corrected chi connectivity index (χ2v) is 8.95. The predicted molar refractivity (Wildman–Crippen MR) is 137 cm³/mol. The number of nitrogens with one attached hydrogen (secondary N) is 2. The molecule has 7 nitrogen and oxygen atoms in total. The quantitative estimate of drug-likeness (QED) is 0.335. The van der Waals surface area contributed by atoms with Crippen LogP contribution >= 0.6 is 11.6 Å². The molecule has 0 spiro atoms. The second kappa shape index (κ2) is 9.65. The van der Waals surface area contributed by atoms with Gasteiger partial charge in [0.05, 0.1) is 21.9 Å². The second-order valence-electron chi connectivity index (χ2n) is 8.54. The predicted octanol–water partition coefficient (Wildman–Crippen LogP) is 5.91. The highest BCUT2D eigenvalue weighted by atomic mass is 35.5. The summed E-state index contributed by atoms with van der Waals surface area (Å²) in [5.74, 6) is 0.881. The minimum atomic E-state index is -0.341. The summed E-state index contributed by atoms with van der Waals surface area (Å²) in [4.78, 5) is 26.3. The zero-order valence-corrected chi connectivity index (χ0v) is 19.3. The fourth-order valence-electron chi connectivity index (χ4n) is 4.43. The molecule has 1 fully saturated rings. The smallest absolute Gasteiger partial charge is 0.320 e. The third-order valence-electron chi connectivity index (χ3n) is 6.16. The lowest BCUT2D eigenvalue weighted by Gasteiger charge is -2.15. The van der Waals surface area contributed by atoms with E-state index in [1.807, 2.05) is 54.6 Å². The lowest BCUT2D eigenvalue weighted by Crippen LogP contribution is -2.33. The molecule has 1 saturated carbocycles. The molecule has 2 heterocycles. The van der Waals surface area contributed by atoms with Crippen LogP contribution in [0.25, 0.3) is 33.4 Å². The van der Waals surface area contributed by atoms with Crippen LogP contribution in [0.3, 0.4) is 0 Å². The van der Waals surface area contributed by atoms with E-state index in [4.69, 9.17) is 22.3 Å². The molecular formula is C26H25ClN6O. The number of anilines is 2. The average Bonchev–Trinajstić information content (AvgIpc) is 3.38. The SMILES string of the molecule is Nc1nc(-c2ccccc2)c(-c2cc(Cl)c3ncccc3c2)nc1NC(=O)NCC1CCCC1. The summed E-state index contributed by atoms with van der Waals surface area (Å²) in [6.45, 7) is 0.640. The Morgan fingerprint density at radius 1 is 1.00 bits per heavy atom. The minimum absolute atomic E-state index is 0.146. The van der Waals surface area contributed by atoms with Crippen molar-refractivity contribution in [3.63, 3.8) is 0 Å². The van der Waals surface area contributed by atoms with E-state index < -0.39 is 0 Å². The lowest BCUT2D eigenvalue weighted by molar-refractivity contribution is 0.250. The van der Waals surface area contributed by atoms with Crippen molar-refractivity contribution in [3.8, 4) is 22.5 Å². The van der Waals surface area contributed by atoms with Crippen molar-refractivity contribution in [1.29, 1.82) is 0 Å². The number of urea groups is 1. The zero-order valence-electron chi connectivity index (χ0n) is 18.6. The Balaban J connectivity index is 1.54. The molecule has 0 bridgehead atoms. The maximum Gasteiger partial charge on any atom is 0.320 e. The molecule has 5 rings (SSSR count). The van der Waals surface area contributed by atoms with Crippen LogP contribution in [-0.2, 0) is 0 Å². The lowest BCUT2D eigenvalue weighted by atomic mass is 10.0. The van der Waals surface area contributed by atoms with E-state index in [2.05, 4.69) is 20.6 Å². The first kappa shape index (κ1) is 22.1. The topological polar surface area (TPSA) is 106 Å². The van der Waals surface area contributed by atoms with E-state index in [9.17, 15) is 4.79 Å². The number of nitrogens with two attached hydrogens (primary N) is 1. The average molecular weight is 473 g/mol. The summed E-state index contributed by atoms with van der Waals surface area (Å²) in [5, 5.41) is 7.11. The van der Waals surface area contributed by atoms with E-state index in [-0.39, 0.29) is 17.7 Å². The number of benzene rings is 2. The van der Waals surface area contributed by atoms with Crippen LogP contribution in [0.15, 0.2) is 60.8 Å². The van der Waals surface area contributed by atoms with Gasteiger partial charge in [-0.15, -0.1) is 0 Å². The third kappa shape index (κ3) is 4.65. The Labute approximate surface area is 202 Å². The maximum absolute atomic E-state index is 12.6. The van der Waals surface area contributed by atoms with Crippen LogP contribution in [0.2, 0.25) is 5.02 Å². The summed E-state index contributed by atoms with van der Waals surface area (Å²) >= 11 is 6.55. The van der Waals surface area contributed by atoms with Crippen molar-refractivity contribution in [1.82, 2.24) is 20.3 Å². The number of fused-ring (bicyclic) bond motifs is 1. The number of carbonyl (C=O) groups is 1. The van der Waals surface area contributed by atoms with Gasteiger partial charge in [0.1, 0.15) is 0 Å². The molecule has 0 saturated heterocycles. The van der Waals surface area contributed by atoms with Gasteiger partial charge in [0.2, 0.25) is 0 Å². The van der Waals surface area contributed by atoms with Crippen LogP contribution < -0.4 is 16.4 Å². The van der Waals surface area contributed by atoms with Crippen LogP contribution in [0.1, 0.15) is 25.7 Å². The summed E-state index contributed by atoms with van der Waals surface area (Å²) < 4.78 is 0. The largest absolute Gasteiger partial charge is 0.381 e. The van der Waals surface area contributed by atoms with E-state index >= 15 is 0 Å². The molecule has 4 N–H and O–H groups in total. The van der Waals surface area contributed by atoms with Crippen LogP contribution in [0.5, 0.6) is 0 Å². The minimum Gasteiger partial charge on any atom is -0.381 e. The first-order chi connectivity index (χ1) is 16.6. The van der Waals surface area contributed by atoms with Gasteiger partial charge in [0, 0.05) is 29.3 Å². The molecule has 8 heteroatoms. The fourth-order valence-corrected chi connectivity index (χ4v) is 4.70. The molecule has 1 aliphatic carbocycles. The molecule has 1 aliphatic rings. The van der Waals surface area contributed by atoms with Gasteiger partial charge < -0.3 is 11.1 Å². The number of hydrogen-bond acceptors (Lipinski definition) is 5. The number of hydrogen-bond donors (Lipinski definition) is 3. The Kier molecular flexibility index (Phi) is 6.27. The number of carbonyl (C=O) groups excluding carboxylic acids is 1. The first-order valence-electron chi connectivity index (χ1n) is 11.4. The summed E-state index contributed by atoms with van der Waals surface area (Å²) in [7, 11) is 0. The van der Waals surface area contributed by atoms with Crippen LogP contribution in [0, 0.1) is 5.92 Å². The standard InChI is InChI=1S/C26H25ClN6O/c27-20-14-19(13-18-11-6-12-29-21(18)20)23-22(17-9-2-1-3-10-17)31-24(28)25(32-23)33-26(34)30-15-16-7-4-5-8-16/h1-3,6,9-14,16H,4-5,7-8,15H2,(H2,28,31)(H2,30,32,33,34). The molecule has 2 aromatic carbocycles. The molecule has 0 radical (unpaired) electrons. The molecule has 2 aromatic heterocycles. The van der Waals surface area contributed by atoms with Gasteiger partial charge in [-0.2, -0.15) is 0 Å². The van der Waals surface area contributed by atoms with Crippen molar-refractivity contribution < 1.29 is 4.79 Å². The van der Waals surface area contributed by atoms with Gasteiger partial charge in [-0.3, -0.25) is 10.3 Å². The third-order valence-corrected chi connectivity index (χ3v) is 6.45. The highest BCUT2D eigenvalue weighted by Gasteiger charge is 2.20. The maximum atomic E-state index is 12.6. The van der Waals surface area contributed by atoms with E-state index in [1.54, 1.807) is 6.20 Å². The Bertz CT molecular complexity index is 1340. The van der Waals surface area contributed by atoms with Crippen molar-refractivity contribution in [2.24, 2.45) is 5.92 Å². The van der Waals surface area contributed by atoms with E-state index in [0.717, 1.165) is 29.4 Å². The van der Waals surface area contributed by atoms with Crippen molar-refractivity contribution in [2.75, 3.05) is 17.6 Å². The number of amides is 2. The molecule has 0 aliphatic heterocycles. The van der Waals surface area contributed by atoms with Gasteiger partial charge in [0.15, 0.2) is 11.6 Å². The number of nitrogens with zero attached hydrogens (tertiary/aromatic N) is 3. The highest BCUT2D eigenvalue weighted by Crippen LogP contribution is 2.35. The van der Waals surface area contributed by atoms with Crippen molar-refractivity contribution >= 4 is 40.2 Å². The number of halogens is 1. The van der Waals surface area contributed by atoms with E-state index in [1.165, 1.54) is 12.8 Å². The molecule has 34 heavy (non-hydrogen) atoms. The van der Waals surface area contributed by atoms with Crippen molar-refractivity contribution in [3.05, 3.63) is 65.8 Å². The number of nitrogen functional groups attached to an aromatic ring is 1. The number of rotatable bonds is 5. The summed E-state index contributed by atoms with van der Waals surface area (Å²) in [5.41, 5.74) is 9.74. The number of pyridine rings is 1. The van der Waals surface area contributed by atoms with Gasteiger partial charge in [-0.05, 0) is 37.0 Å². The van der Waals surface area contributed by atoms with Crippen molar-refractivity contribution in [2.45, 2.75) is 25.7 Å². The highest BCUT2D eigenvalue weighted by molar-refractivity contribution is 6.35. The van der Waals surface area contributed by atoms with Gasteiger partial charge >= 0.3 is 6.03 Å². The Morgan fingerprint density at radius 2 is 1.76 bits per heavy atom. The normalized spacial score (nSPS) is 13.8. The first-order valence-corrected chi connectivity index (χ1v) is 11.8. The Morgan fingerprint density at radius 3 is 2.56 bits per heavy atom. The molecule has 2 amide bonds.